The molecule has 0 saturated carbocycles. The molecular weight excluding hydrogens is 464 g/mol. The van der Waals surface area contributed by atoms with Gasteiger partial charge in [0.15, 0.2) is 11.5 Å². The zero-order chi connectivity index (χ0) is 25.3. The fraction of sp³-hybridized carbons (Fsp3) is 0.222. The smallest absolute Gasteiger partial charge is 0.281 e. The zero-order valence-electron chi connectivity index (χ0n) is 20.4. The van der Waals surface area contributed by atoms with E-state index in [0.717, 1.165) is 33.2 Å². The molecule has 0 bridgehead atoms. The van der Waals surface area contributed by atoms with E-state index in [1.807, 2.05) is 25.3 Å². The van der Waals surface area contributed by atoms with Gasteiger partial charge in [-0.05, 0) is 61.7 Å². The monoisotopic (exact) mass is 494 g/mol. The minimum absolute atomic E-state index is 0. The number of benzene rings is 3. The Morgan fingerprint density at radius 1 is 0.914 bits per heavy atom. The summed E-state index contributed by atoms with van der Waals surface area (Å²) in [7, 11) is -0.956. The quantitative estimate of drug-likeness (QED) is 0.391. The summed E-state index contributed by atoms with van der Waals surface area (Å²) in [4.78, 5) is 13.4. The Hall–Kier alpha value is -3.78. The molecule has 35 heavy (non-hydrogen) atoms. The second-order valence-corrected chi connectivity index (χ2v) is 10.2. The number of ether oxygens (including phenoxy) is 2. The average Bonchev–Trinajstić information content (AvgIpc) is 3.18. The first-order chi connectivity index (χ1) is 16.6. The van der Waals surface area contributed by atoms with Gasteiger partial charge >= 0.3 is 0 Å². The molecule has 0 atom stereocenters. The number of hydrogen-bond acceptors (Lipinski definition) is 5. The van der Waals surface area contributed by atoms with Gasteiger partial charge in [-0.2, -0.15) is 0 Å². The Morgan fingerprint density at radius 2 is 1.51 bits per heavy atom. The Bertz CT molecular complexity index is 1510. The second kappa shape index (κ2) is 9.46. The van der Waals surface area contributed by atoms with E-state index in [2.05, 4.69) is 16.9 Å². The van der Waals surface area contributed by atoms with Crippen molar-refractivity contribution in [3.63, 3.8) is 0 Å². The standard InChI is InChI=1S/C27H28N2O5S.H2/c1-17-11-18(2)22(19(3)12-17)16-29-23-15-26(34-5)25(33-4)14-20(23)13-24(29)27(30)28-35(31,32)21-9-7-6-8-10-21;/h6-15H,16H2,1-5H3,(H,28,30);1H. The fourth-order valence-corrected chi connectivity index (χ4v) is 5.38. The van der Waals surface area contributed by atoms with Crippen LogP contribution in [0.2, 0.25) is 0 Å². The number of sulfonamides is 1. The predicted octanol–water partition coefficient (Wildman–Crippen LogP) is 5.00. The Morgan fingerprint density at radius 3 is 2.11 bits per heavy atom. The summed E-state index contributed by atoms with van der Waals surface area (Å²) >= 11 is 0. The molecule has 4 aromatic rings. The third-order valence-corrected chi connectivity index (χ3v) is 7.42. The molecule has 0 fully saturated rings. The number of fused-ring (bicyclic) bond motifs is 1. The van der Waals surface area contributed by atoms with Crippen molar-refractivity contribution < 1.29 is 24.1 Å². The maximum atomic E-state index is 13.4. The summed E-state index contributed by atoms with van der Waals surface area (Å²) in [6, 6.07) is 17.3. The van der Waals surface area contributed by atoms with E-state index in [4.69, 9.17) is 9.47 Å². The lowest BCUT2D eigenvalue weighted by molar-refractivity contribution is 0.0973. The van der Waals surface area contributed by atoms with Crippen molar-refractivity contribution in [2.45, 2.75) is 32.2 Å². The van der Waals surface area contributed by atoms with E-state index >= 15 is 0 Å². The molecule has 0 aliphatic carbocycles. The maximum absolute atomic E-state index is 13.4. The van der Waals surface area contributed by atoms with Crippen LogP contribution in [-0.2, 0) is 16.6 Å². The van der Waals surface area contributed by atoms with Gasteiger partial charge in [0, 0.05) is 19.4 Å². The Balaban J connectivity index is 0.00000361. The molecule has 184 valence electrons. The van der Waals surface area contributed by atoms with Crippen molar-refractivity contribution in [3.05, 3.63) is 88.6 Å². The second-order valence-electron chi connectivity index (χ2n) is 8.51. The van der Waals surface area contributed by atoms with Gasteiger partial charge in [0.2, 0.25) is 0 Å². The van der Waals surface area contributed by atoms with E-state index in [0.29, 0.717) is 18.0 Å². The molecule has 0 radical (unpaired) electrons. The van der Waals surface area contributed by atoms with E-state index < -0.39 is 15.9 Å². The molecule has 1 heterocycles. The molecule has 0 unspecified atom stereocenters. The van der Waals surface area contributed by atoms with Crippen LogP contribution in [-0.4, -0.2) is 33.1 Å². The molecule has 1 N–H and O–H groups in total. The molecular formula is C27H30N2O5S. The number of carbonyl (C=O) groups is 1. The van der Waals surface area contributed by atoms with Crippen LogP contribution in [0.3, 0.4) is 0 Å². The summed E-state index contributed by atoms with van der Waals surface area (Å²) in [6.45, 7) is 6.48. The summed E-state index contributed by atoms with van der Waals surface area (Å²) in [5.41, 5.74) is 5.34. The van der Waals surface area contributed by atoms with Crippen molar-refractivity contribution in [1.29, 1.82) is 0 Å². The summed E-state index contributed by atoms with van der Waals surface area (Å²) in [6.07, 6.45) is 0. The summed E-state index contributed by atoms with van der Waals surface area (Å²) < 4.78 is 40.7. The van der Waals surface area contributed by atoms with Crippen LogP contribution < -0.4 is 14.2 Å². The summed E-state index contributed by atoms with van der Waals surface area (Å²) in [5.74, 6) is 0.315. The van der Waals surface area contributed by atoms with Gasteiger partial charge in [-0.25, -0.2) is 13.1 Å². The van der Waals surface area contributed by atoms with Gasteiger partial charge in [-0.15, -0.1) is 0 Å². The highest BCUT2D eigenvalue weighted by Crippen LogP contribution is 2.35. The minimum Gasteiger partial charge on any atom is -0.493 e. The lowest BCUT2D eigenvalue weighted by Gasteiger charge is -2.16. The van der Waals surface area contributed by atoms with E-state index in [1.165, 1.54) is 12.1 Å². The van der Waals surface area contributed by atoms with Crippen LogP contribution in [0.1, 0.15) is 34.2 Å². The number of aromatic nitrogens is 1. The normalized spacial score (nSPS) is 11.5. The number of carbonyl (C=O) groups excluding carboxylic acids is 1. The van der Waals surface area contributed by atoms with Crippen molar-refractivity contribution in [3.8, 4) is 11.5 Å². The van der Waals surface area contributed by atoms with Crippen LogP contribution in [0.25, 0.3) is 10.9 Å². The number of nitrogens with one attached hydrogen (secondary N) is 1. The van der Waals surface area contributed by atoms with Crippen LogP contribution in [0.4, 0.5) is 0 Å². The van der Waals surface area contributed by atoms with Gasteiger partial charge in [0.1, 0.15) is 5.69 Å². The molecule has 0 saturated heterocycles. The largest absolute Gasteiger partial charge is 0.493 e. The molecule has 0 aliphatic rings. The molecule has 3 aromatic carbocycles. The van der Waals surface area contributed by atoms with Gasteiger partial charge in [0.25, 0.3) is 15.9 Å². The van der Waals surface area contributed by atoms with E-state index in [-0.39, 0.29) is 12.0 Å². The first-order valence-electron chi connectivity index (χ1n) is 11.1. The van der Waals surface area contributed by atoms with Crippen molar-refractivity contribution in [2.75, 3.05) is 14.2 Å². The first-order valence-corrected chi connectivity index (χ1v) is 12.6. The van der Waals surface area contributed by atoms with E-state index in [9.17, 15) is 13.2 Å². The third kappa shape index (κ3) is 4.74. The molecule has 1 aromatic heterocycles. The number of methoxy groups -OCH3 is 2. The molecule has 8 heteroatoms. The maximum Gasteiger partial charge on any atom is 0.281 e. The topological polar surface area (TPSA) is 86.6 Å². The van der Waals surface area contributed by atoms with Gasteiger partial charge in [0.05, 0.1) is 24.6 Å². The van der Waals surface area contributed by atoms with Crippen LogP contribution in [0, 0.1) is 20.8 Å². The molecule has 0 aliphatic heterocycles. The first kappa shape index (κ1) is 24.3. The molecule has 4 rings (SSSR count). The molecule has 0 spiro atoms. The lowest BCUT2D eigenvalue weighted by Crippen LogP contribution is -2.32. The minimum atomic E-state index is -4.04. The number of rotatable bonds is 7. The van der Waals surface area contributed by atoms with Gasteiger partial charge in [-0.1, -0.05) is 35.9 Å². The van der Waals surface area contributed by atoms with E-state index in [1.54, 1.807) is 50.6 Å². The molecule has 1 amide bonds. The number of aryl methyl sites for hydroxylation is 3. The zero-order valence-corrected chi connectivity index (χ0v) is 21.2. The van der Waals surface area contributed by atoms with Crippen molar-refractivity contribution >= 4 is 26.8 Å². The lowest BCUT2D eigenvalue weighted by atomic mass is 9.99. The molecule has 7 nitrogen and oxygen atoms in total. The van der Waals surface area contributed by atoms with Crippen LogP contribution >= 0.6 is 0 Å². The number of hydrogen-bond donors (Lipinski definition) is 1. The highest BCUT2D eigenvalue weighted by atomic mass is 32.2. The van der Waals surface area contributed by atoms with Crippen molar-refractivity contribution in [1.82, 2.24) is 9.29 Å². The summed E-state index contributed by atoms with van der Waals surface area (Å²) in [5, 5.41) is 0.729. The predicted molar refractivity (Wildman–Crippen MR) is 138 cm³/mol. The Kier molecular flexibility index (Phi) is 6.58. The highest BCUT2D eigenvalue weighted by molar-refractivity contribution is 7.90. The Labute approximate surface area is 206 Å². The van der Waals surface area contributed by atoms with Crippen molar-refractivity contribution in [2.24, 2.45) is 0 Å². The number of nitrogens with zero attached hydrogens (tertiary/aromatic N) is 1. The SMILES string of the molecule is COc1cc2cc(C(=O)NS(=O)(=O)c3ccccc3)n(Cc3c(C)cc(C)cc3C)c2cc1OC.[HH]. The van der Waals surface area contributed by atoms with Crippen LogP contribution in [0.5, 0.6) is 11.5 Å². The number of amides is 1. The fourth-order valence-electron chi connectivity index (χ4n) is 4.40. The van der Waals surface area contributed by atoms with Gasteiger partial charge in [-0.3, -0.25) is 4.79 Å². The average molecular weight is 495 g/mol. The third-order valence-electron chi connectivity index (χ3n) is 6.08. The highest BCUT2D eigenvalue weighted by Gasteiger charge is 2.24. The van der Waals surface area contributed by atoms with Crippen LogP contribution in [0.15, 0.2) is 65.6 Å². The van der Waals surface area contributed by atoms with Gasteiger partial charge < -0.3 is 14.0 Å².